The lowest BCUT2D eigenvalue weighted by atomic mass is 9.91. The molecule has 4 N–H and O–H groups in total. The molecule has 4 amide bonds. The molecule has 2 aromatic heterocycles. The number of ether oxygens (including phenoxy) is 1. The van der Waals surface area contributed by atoms with Crippen LogP contribution in [0.4, 0.5) is 49.6 Å². The van der Waals surface area contributed by atoms with E-state index in [4.69, 9.17) is 15.3 Å². The first kappa shape index (κ1) is 61.3. The summed E-state index contributed by atoms with van der Waals surface area (Å²) in [5, 5.41) is 29.5. The fraction of sp³-hybridized carbons (Fsp3) is 0.552. The van der Waals surface area contributed by atoms with E-state index in [1.165, 1.54) is 12.1 Å². The number of benzene rings is 2. The Hall–Kier alpha value is -7.80. The number of halogens is 6. The maximum atomic E-state index is 14.1. The molecule has 0 radical (unpaired) electrons. The Balaban J connectivity index is 0.654. The lowest BCUT2D eigenvalue weighted by Crippen LogP contribution is -2.57. The number of anilines is 4. The molecule has 8 rings (SSSR count). The van der Waals surface area contributed by atoms with Crippen LogP contribution in [0.25, 0.3) is 0 Å². The predicted octanol–water partition coefficient (Wildman–Crippen LogP) is 6.65. The number of hydrogen-bond donors (Lipinski definition) is 4. The van der Waals surface area contributed by atoms with E-state index in [1.54, 1.807) is 34.1 Å². The third kappa shape index (κ3) is 17.6. The maximum Gasteiger partial charge on any atom is 0.451 e. The number of nitrogens with zero attached hydrogens (tertiary/aromatic N) is 10. The van der Waals surface area contributed by atoms with Gasteiger partial charge in [0.25, 0.3) is 0 Å². The van der Waals surface area contributed by atoms with Gasteiger partial charge in [0.05, 0.1) is 36.5 Å². The summed E-state index contributed by atoms with van der Waals surface area (Å²) in [6.07, 6.45) is -1.22. The van der Waals surface area contributed by atoms with E-state index in [1.807, 2.05) is 34.1 Å². The maximum absolute atomic E-state index is 14.1. The quantitative estimate of drug-likeness (QED) is 0.0381. The van der Waals surface area contributed by atoms with Gasteiger partial charge in [0.2, 0.25) is 35.3 Å². The van der Waals surface area contributed by atoms with E-state index >= 15 is 0 Å². The molecule has 4 fully saturated rings. The molecular formula is C58H70F6N14O5. The van der Waals surface area contributed by atoms with Gasteiger partial charge in [-0.1, -0.05) is 24.3 Å². The Morgan fingerprint density at radius 2 is 0.892 bits per heavy atom. The van der Waals surface area contributed by atoms with E-state index in [0.717, 1.165) is 24.0 Å². The molecule has 19 nitrogen and oxygen atoms in total. The first-order valence-corrected chi connectivity index (χ1v) is 28.5. The van der Waals surface area contributed by atoms with Crippen LogP contribution in [0, 0.1) is 34.5 Å². The summed E-state index contributed by atoms with van der Waals surface area (Å²) in [7, 11) is 0. The number of carbonyl (C=O) groups is 4. The standard InChI is InChI=1S/C58H70F6N14O5/c59-57(60,61)55-71-47(35-49(73-55)77-31-21-45(77)53(81)69-23-15-41-7-11-43(37-65)12-8-41)75-27-17-39(18-28-75)3-1-5-51(79)67-25-33-83-34-26-68-52(80)6-2-4-40-19-29-76(30-20-40)48-36-50(74-56(72-48)58(62,63)64)78-32-22-46(78)54(82)70-24-16-42-9-13-44(38-66)14-10-42/h7-14,35-36,39-40,45-46H,1-6,15-34H2,(H,67,79)(H,68,80)(H,69,81)(H,70,82)/t45-,46-/m0/s1. The molecule has 0 saturated carbocycles. The Morgan fingerprint density at radius 1 is 0.518 bits per heavy atom. The second-order valence-corrected chi connectivity index (χ2v) is 21.5. The summed E-state index contributed by atoms with van der Waals surface area (Å²) in [6.45, 7) is 4.46. The first-order valence-electron chi connectivity index (χ1n) is 28.5. The number of nitrogens with one attached hydrogen (secondary N) is 4. The number of alkyl halides is 6. The molecule has 4 aliphatic heterocycles. The second kappa shape index (κ2) is 28.9. The summed E-state index contributed by atoms with van der Waals surface area (Å²) in [5.74, 6) is -2.35. The monoisotopic (exact) mass is 1160 g/mol. The number of carbonyl (C=O) groups excluding carboxylic acids is 4. The molecule has 6 heterocycles. The number of piperidine rings is 2. The van der Waals surface area contributed by atoms with Gasteiger partial charge in [-0.3, -0.25) is 19.2 Å². The molecule has 4 aromatic rings. The van der Waals surface area contributed by atoms with Crippen molar-refractivity contribution in [1.29, 1.82) is 10.5 Å². The van der Waals surface area contributed by atoms with E-state index in [2.05, 4.69) is 53.3 Å². The Kier molecular flexibility index (Phi) is 21.4. The largest absolute Gasteiger partial charge is 0.451 e. The van der Waals surface area contributed by atoms with Gasteiger partial charge >= 0.3 is 12.4 Å². The third-order valence-electron chi connectivity index (χ3n) is 15.8. The highest BCUT2D eigenvalue weighted by molar-refractivity contribution is 5.87. The summed E-state index contributed by atoms with van der Waals surface area (Å²) < 4.78 is 89.9. The summed E-state index contributed by atoms with van der Waals surface area (Å²) in [5.41, 5.74) is 2.94. The van der Waals surface area contributed by atoms with Crippen molar-refractivity contribution in [2.24, 2.45) is 11.8 Å². The molecular weight excluding hydrogens is 1090 g/mol. The lowest BCUT2D eigenvalue weighted by Gasteiger charge is -2.41. The zero-order valence-corrected chi connectivity index (χ0v) is 46.2. The highest BCUT2D eigenvalue weighted by atomic mass is 19.4. The zero-order chi connectivity index (χ0) is 58.9. The van der Waals surface area contributed by atoms with E-state index in [0.29, 0.717) is 154 Å². The Labute approximate surface area is 478 Å². The van der Waals surface area contributed by atoms with Crippen molar-refractivity contribution in [3.05, 3.63) is 94.6 Å². The van der Waals surface area contributed by atoms with Gasteiger partial charge in [-0.25, -0.2) is 19.9 Å². The Morgan fingerprint density at radius 3 is 1.23 bits per heavy atom. The number of nitriles is 2. The van der Waals surface area contributed by atoms with Gasteiger partial charge in [-0.05, 0) is 124 Å². The number of aromatic nitrogens is 4. The lowest BCUT2D eigenvalue weighted by molar-refractivity contribution is -0.145. The Bertz CT molecular complexity index is 2730. The van der Waals surface area contributed by atoms with Gasteiger partial charge in [0, 0.05) is 90.4 Å². The van der Waals surface area contributed by atoms with E-state index in [-0.39, 0.29) is 71.9 Å². The summed E-state index contributed by atoms with van der Waals surface area (Å²) in [4.78, 5) is 73.5. The minimum atomic E-state index is -4.79. The van der Waals surface area contributed by atoms with Crippen LogP contribution in [0.3, 0.4) is 0 Å². The molecule has 0 unspecified atom stereocenters. The first-order chi connectivity index (χ1) is 39.9. The number of hydrogen-bond acceptors (Lipinski definition) is 15. The zero-order valence-electron chi connectivity index (χ0n) is 46.2. The molecule has 444 valence electrons. The molecule has 4 aliphatic rings. The SMILES string of the molecule is N#Cc1ccc(CCNC(=O)[C@@H]2CCN2c2cc(N3CCC(CCCC(=O)NCCOCCNC(=O)CCCC4CCN(c5cc(N6CC[C@H]6C(=O)NCCc6ccc(C#N)cc6)nc(C(F)(F)F)n5)CC4)CC3)nc(C(F)(F)F)n2)cc1. The van der Waals surface area contributed by atoms with E-state index in [9.17, 15) is 45.5 Å². The van der Waals surface area contributed by atoms with Gasteiger partial charge in [-0.2, -0.15) is 36.9 Å². The minimum Gasteiger partial charge on any atom is -0.378 e. The fourth-order valence-corrected chi connectivity index (χ4v) is 10.8. The van der Waals surface area contributed by atoms with Crippen LogP contribution >= 0.6 is 0 Å². The van der Waals surface area contributed by atoms with Gasteiger partial charge in [0.15, 0.2) is 0 Å². The summed E-state index contributed by atoms with van der Waals surface area (Å²) in [6, 6.07) is 19.9. The number of rotatable bonds is 26. The van der Waals surface area contributed by atoms with Crippen LogP contribution in [-0.4, -0.2) is 134 Å². The van der Waals surface area contributed by atoms with Gasteiger partial charge < -0.3 is 45.6 Å². The highest BCUT2D eigenvalue weighted by Crippen LogP contribution is 2.37. The molecule has 2 atom stereocenters. The minimum absolute atomic E-state index is 0.0518. The van der Waals surface area contributed by atoms with Crippen molar-refractivity contribution >= 4 is 46.9 Å². The molecule has 83 heavy (non-hydrogen) atoms. The fourth-order valence-electron chi connectivity index (χ4n) is 10.8. The molecule has 2 aromatic carbocycles. The van der Waals surface area contributed by atoms with Crippen LogP contribution < -0.4 is 40.9 Å². The molecule has 0 bridgehead atoms. The van der Waals surface area contributed by atoms with Crippen molar-refractivity contribution in [1.82, 2.24) is 41.2 Å². The topological polar surface area (TPSA) is 238 Å². The van der Waals surface area contributed by atoms with Crippen LogP contribution in [0.2, 0.25) is 0 Å². The van der Waals surface area contributed by atoms with Crippen molar-refractivity contribution in [2.75, 3.05) is 98.3 Å². The molecule has 0 spiro atoms. The van der Waals surface area contributed by atoms with Crippen molar-refractivity contribution in [3.63, 3.8) is 0 Å². The van der Waals surface area contributed by atoms with Crippen LogP contribution in [0.15, 0.2) is 60.7 Å². The van der Waals surface area contributed by atoms with Crippen molar-refractivity contribution in [3.8, 4) is 12.1 Å². The van der Waals surface area contributed by atoms with Crippen molar-refractivity contribution in [2.45, 2.75) is 114 Å². The number of amides is 4. The molecule has 4 saturated heterocycles. The van der Waals surface area contributed by atoms with E-state index < -0.39 is 36.1 Å². The van der Waals surface area contributed by atoms with Gasteiger partial charge in [-0.15, -0.1) is 0 Å². The second-order valence-electron chi connectivity index (χ2n) is 21.5. The van der Waals surface area contributed by atoms with Crippen molar-refractivity contribution < 1.29 is 50.3 Å². The summed E-state index contributed by atoms with van der Waals surface area (Å²) >= 11 is 0. The molecule has 25 heteroatoms. The normalized spacial score (nSPS) is 17.6. The van der Waals surface area contributed by atoms with Gasteiger partial charge in [0.1, 0.15) is 35.4 Å². The van der Waals surface area contributed by atoms with Crippen LogP contribution in [-0.2, 0) is 49.1 Å². The predicted molar refractivity (Wildman–Crippen MR) is 296 cm³/mol. The smallest absolute Gasteiger partial charge is 0.378 e. The average molecular weight is 1160 g/mol. The third-order valence-corrected chi connectivity index (χ3v) is 15.8. The van der Waals surface area contributed by atoms with Crippen LogP contribution in [0.1, 0.15) is 111 Å². The highest BCUT2D eigenvalue weighted by Gasteiger charge is 2.42. The van der Waals surface area contributed by atoms with Crippen LogP contribution in [0.5, 0.6) is 0 Å². The molecule has 0 aliphatic carbocycles. The average Bonchev–Trinajstić information content (AvgIpc) is 3.24.